The molecule has 3 aromatic heterocycles. The molecule has 0 fully saturated rings. The summed E-state index contributed by atoms with van der Waals surface area (Å²) < 4.78 is 1.69. The minimum atomic E-state index is 0.0198. The Labute approximate surface area is 144 Å². The number of carbonyl (C=O) groups is 1. The molecule has 6 nitrogen and oxygen atoms in total. The van der Waals surface area contributed by atoms with Crippen molar-refractivity contribution in [3.05, 3.63) is 58.9 Å². The highest BCUT2D eigenvalue weighted by Crippen LogP contribution is 2.15. The van der Waals surface area contributed by atoms with Crippen LogP contribution >= 0.6 is 11.3 Å². The van der Waals surface area contributed by atoms with Gasteiger partial charge in [-0.15, -0.1) is 10.2 Å². The van der Waals surface area contributed by atoms with Gasteiger partial charge in [0.2, 0.25) is 0 Å². The second-order valence-corrected chi connectivity index (χ2v) is 6.26. The van der Waals surface area contributed by atoms with Crippen molar-refractivity contribution in [1.82, 2.24) is 24.6 Å². The number of thiophene rings is 1. The molecule has 0 N–H and O–H groups in total. The van der Waals surface area contributed by atoms with Gasteiger partial charge in [0.05, 0.1) is 0 Å². The smallest absolute Gasteiger partial charge is 0.254 e. The standard InChI is InChI=1S/C17H19N5OS/c1-2-3-7-21(10-14-5-8-24-11-14)17(23)15-4-6-18-16(9-15)22-12-19-20-13-22/h4-6,8-9,11-13H,2-3,7,10H2,1H3. The minimum Gasteiger partial charge on any atom is -0.334 e. The van der Waals surface area contributed by atoms with Crippen molar-refractivity contribution >= 4 is 17.2 Å². The van der Waals surface area contributed by atoms with Gasteiger partial charge in [0.25, 0.3) is 5.91 Å². The van der Waals surface area contributed by atoms with E-state index in [1.54, 1.807) is 46.9 Å². The molecule has 24 heavy (non-hydrogen) atoms. The lowest BCUT2D eigenvalue weighted by molar-refractivity contribution is 0.0741. The molecular formula is C17H19N5OS. The van der Waals surface area contributed by atoms with Crippen LogP contribution in [0.4, 0.5) is 0 Å². The SMILES string of the molecule is CCCCN(Cc1ccsc1)C(=O)c1ccnc(-n2cnnc2)c1. The van der Waals surface area contributed by atoms with E-state index in [0.29, 0.717) is 17.9 Å². The summed E-state index contributed by atoms with van der Waals surface area (Å²) in [6, 6.07) is 5.59. The first-order valence-electron chi connectivity index (χ1n) is 7.89. The van der Waals surface area contributed by atoms with Crippen LogP contribution in [-0.2, 0) is 6.54 Å². The number of rotatable bonds is 7. The van der Waals surface area contributed by atoms with Crippen LogP contribution in [0.3, 0.4) is 0 Å². The first-order chi connectivity index (χ1) is 11.8. The lowest BCUT2D eigenvalue weighted by Crippen LogP contribution is -2.31. The fourth-order valence-corrected chi connectivity index (χ4v) is 3.06. The first-order valence-corrected chi connectivity index (χ1v) is 8.83. The van der Waals surface area contributed by atoms with E-state index < -0.39 is 0 Å². The second kappa shape index (κ2) is 7.83. The van der Waals surface area contributed by atoms with Crippen molar-refractivity contribution < 1.29 is 4.79 Å². The van der Waals surface area contributed by atoms with Gasteiger partial charge in [0, 0.05) is 24.8 Å². The van der Waals surface area contributed by atoms with E-state index in [1.807, 2.05) is 10.3 Å². The van der Waals surface area contributed by atoms with Crippen LogP contribution in [0.25, 0.3) is 5.82 Å². The van der Waals surface area contributed by atoms with Gasteiger partial charge in [-0.05, 0) is 40.9 Å². The number of unbranched alkanes of at least 4 members (excludes halogenated alkanes) is 1. The Morgan fingerprint density at radius 3 is 2.83 bits per heavy atom. The molecule has 3 aromatic rings. The maximum absolute atomic E-state index is 13.0. The fourth-order valence-electron chi connectivity index (χ4n) is 2.40. The first kappa shape index (κ1) is 16.3. The summed E-state index contributed by atoms with van der Waals surface area (Å²) in [5.41, 5.74) is 1.79. The Morgan fingerprint density at radius 1 is 1.29 bits per heavy atom. The van der Waals surface area contributed by atoms with Crippen LogP contribution in [0.1, 0.15) is 35.7 Å². The van der Waals surface area contributed by atoms with Gasteiger partial charge >= 0.3 is 0 Å². The summed E-state index contributed by atoms with van der Waals surface area (Å²) in [6.07, 6.45) is 6.81. The maximum atomic E-state index is 13.0. The van der Waals surface area contributed by atoms with Crippen LogP contribution in [0.2, 0.25) is 0 Å². The van der Waals surface area contributed by atoms with Crippen molar-refractivity contribution in [2.45, 2.75) is 26.3 Å². The number of aromatic nitrogens is 4. The molecule has 3 heterocycles. The van der Waals surface area contributed by atoms with Crippen molar-refractivity contribution in [2.75, 3.05) is 6.54 Å². The average molecular weight is 341 g/mol. The molecule has 0 aliphatic heterocycles. The number of carbonyl (C=O) groups excluding carboxylic acids is 1. The van der Waals surface area contributed by atoms with Gasteiger partial charge in [-0.1, -0.05) is 13.3 Å². The molecule has 0 spiro atoms. The van der Waals surface area contributed by atoms with Gasteiger partial charge in [-0.25, -0.2) is 4.98 Å². The lowest BCUT2D eigenvalue weighted by Gasteiger charge is -2.22. The van der Waals surface area contributed by atoms with Crippen molar-refractivity contribution in [3.8, 4) is 5.82 Å². The molecule has 0 aliphatic rings. The third-order valence-corrected chi connectivity index (χ3v) is 4.43. The zero-order valence-corrected chi connectivity index (χ0v) is 14.3. The van der Waals surface area contributed by atoms with Crippen molar-refractivity contribution in [1.29, 1.82) is 0 Å². The molecule has 0 unspecified atom stereocenters. The molecule has 1 amide bonds. The number of hydrogen-bond donors (Lipinski definition) is 0. The number of nitrogens with zero attached hydrogens (tertiary/aromatic N) is 5. The van der Waals surface area contributed by atoms with E-state index in [-0.39, 0.29) is 5.91 Å². The van der Waals surface area contributed by atoms with Crippen LogP contribution in [-0.4, -0.2) is 37.1 Å². The molecular weight excluding hydrogens is 322 g/mol. The van der Waals surface area contributed by atoms with E-state index in [2.05, 4.69) is 33.6 Å². The maximum Gasteiger partial charge on any atom is 0.254 e. The predicted molar refractivity (Wildman–Crippen MR) is 93.1 cm³/mol. The van der Waals surface area contributed by atoms with E-state index in [1.165, 1.54) is 0 Å². The monoisotopic (exact) mass is 341 g/mol. The summed E-state index contributed by atoms with van der Waals surface area (Å²) in [6.45, 7) is 3.51. The highest BCUT2D eigenvalue weighted by atomic mass is 32.1. The van der Waals surface area contributed by atoms with Crippen molar-refractivity contribution in [3.63, 3.8) is 0 Å². The summed E-state index contributed by atoms with van der Waals surface area (Å²) in [7, 11) is 0. The van der Waals surface area contributed by atoms with Crippen LogP contribution in [0.15, 0.2) is 47.8 Å². The molecule has 3 rings (SSSR count). The zero-order chi connectivity index (χ0) is 16.8. The van der Waals surface area contributed by atoms with Gasteiger partial charge in [0.15, 0.2) is 0 Å². The quantitative estimate of drug-likeness (QED) is 0.662. The molecule has 0 aromatic carbocycles. The van der Waals surface area contributed by atoms with E-state index in [9.17, 15) is 4.79 Å². The van der Waals surface area contributed by atoms with Crippen LogP contribution < -0.4 is 0 Å². The Balaban J connectivity index is 1.82. The fraction of sp³-hybridized carbons (Fsp3) is 0.294. The minimum absolute atomic E-state index is 0.0198. The van der Waals surface area contributed by atoms with Crippen LogP contribution in [0.5, 0.6) is 0 Å². The third-order valence-electron chi connectivity index (χ3n) is 3.70. The Kier molecular flexibility index (Phi) is 5.32. The predicted octanol–water partition coefficient (Wildman–Crippen LogP) is 3.17. The number of amides is 1. The molecule has 0 saturated carbocycles. The normalized spacial score (nSPS) is 10.7. The van der Waals surface area contributed by atoms with Gasteiger partial charge in [-0.3, -0.25) is 9.36 Å². The summed E-state index contributed by atoms with van der Waals surface area (Å²) in [4.78, 5) is 19.1. The molecule has 7 heteroatoms. The average Bonchev–Trinajstić information content (AvgIpc) is 3.31. The molecule has 0 radical (unpaired) electrons. The number of pyridine rings is 1. The molecule has 0 aliphatic carbocycles. The topological polar surface area (TPSA) is 63.9 Å². The summed E-state index contributed by atoms with van der Waals surface area (Å²) in [5, 5.41) is 11.7. The Hall–Kier alpha value is -2.54. The zero-order valence-electron chi connectivity index (χ0n) is 13.5. The lowest BCUT2D eigenvalue weighted by atomic mass is 10.2. The largest absolute Gasteiger partial charge is 0.334 e. The van der Waals surface area contributed by atoms with E-state index in [0.717, 1.165) is 24.9 Å². The Bertz CT molecular complexity index is 770. The van der Waals surface area contributed by atoms with Gasteiger partial charge in [0.1, 0.15) is 18.5 Å². The highest BCUT2D eigenvalue weighted by Gasteiger charge is 2.17. The van der Waals surface area contributed by atoms with E-state index >= 15 is 0 Å². The summed E-state index contributed by atoms with van der Waals surface area (Å²) in [5.74, 6) is 0.656. The molecule has 0 bridgehead atoms. The molecule has 124 valence electrons. The van der Waals surface area contributed by atoms with Gasteiger partial charge in [-0.2, -0.15) is 11.3 Å². The second-order valence-electron chi connectivity index (χ2n) is 5.48. The molecule has 0 saturated heterocycles. The third kappa shape index (κ3) is 3.86. The number of hydrogen-bond acceptors (Lipinski definition) is 5. The Morgan fingerprint density at radius 2 is 2.12 bits per heavy atom. The van der Waals surface area contributed by atoms with E-state index in [4.69, 9.17) is 0 Å². The summed E-state index contributed by atoms with van der Waals surface area (Å²) >= 11 is 1.65. The van der Waals surface area contributed by atoms with Crippen molar-refractivity contribution in [2.24, 2.45) is 0 Å². The highest BCUT2D eigenvalue weighted by molar-refractivity contribution is 7.07. The van der Waals surface area contributed by atoms with Crippen LogP contribution in [0, 0.1) is 0 Å². The molecule has 0 atom stereocenters. The van der Waals surface area contributed by atoms with Gasteiger partial charge < -0.3 is 4.90 Å².